The first-order valence-electron chi connectivity index (χ1n) is 12.1. The van der Waals surface area contributed by atoms with E-state index in [0.717, 1.165) is 54.0 Å². The van der Waals surface area contributed by atoms with Gasteiger partial charge in [0.05, 0.1) is 10.7 Å². The first kappa shape index (κ1) is 22.9. The molecule has 176 valence electrons. The quantitative estimate of drug-likeness (QED) is 0.332. The van der Waals surface area contributed by atoms with E-state index in [9.17, 15) is 0 Å². The number of pyridine rings is 2. The summed E-state index contributed by atoms with van der Waals surface area (Å²) in [5.74, 6) is 1.32. The number of benzene rings is 1. The van der Waals surface area contributed by atoms with Gasteiger partial charge in [0.1, 0.15) is 11.5 Å². The lowest BCUT2D eigenvalue weighted by Crippen LogP contribution is -2.45. The Kier molecular flexibility index (Phi) is 6.32. The van der Waals surface area contributed by atoms with Gasteiger partial charge in [0.15, 0.2) is 0 Å². The Bertz CT molecular complexity index is 1270. The molecule has 0 bridgehead atoms. The second kappa shape index (κ2) is 9.40. The number of fused-ring (bicyclic) bond motifs is 1. The van der Waals surface area contributed by atoms with Crippen molar-refractivity contribution in [1.82, 2.24) is 19.9 Å². The van der Waals surface area contributed by atoms with Crippen molar-refractivity contribution in [2.24, 2.45) is 0 Å². The molecule has 0 atom stereocenters. The zero-order valence-electron chi connectivity index (χ0n) is 20.1. The van der Waals surface area contributed by atoms with Crippen LogP contribution in [0.3, 0.4) is 0 Å². The second-order valence-corrected chi connectivity index (χ2v) is 10.6. The molecule has 3 aromatic heterocycles. The van der Waals surface area contributed by atoms with Crippen LogP contribution in [0, 0.1) is 0 Å². The van der Waals surface area contributed by atoms with E-state index in [4.69, 9.17) is 16.6 Å². The Morgan fingerprint density at radius 1 is 1.06 bits per heavy atom. The third kappa shape index (κ3) is 4.82. The number of nitrogens with zero attached hydrogens (tertiary/aromatic N) is 3. The highest BCUT2D eigenvalue weighted by atomic mass is 35.5. The Labute approximate surface area is 206 Å². The maximum Gasteiger partial charge on any atom is 0.138 e. The normalized spacial score (nSPS) is 15.6. The van der Waals surface area contributed by atoms with Gasteiger partial charge in [-0.3, -0.25) is 4.90 Å². The molecule has 5 nitrogen and oxygen atoms in total. The van der Waals surface area contributed by atoms with Gasteiger partial charge in [0.2, 0.25) is 0 Å². The van der Waals surface area contributed by atoms with Crippen LogP contribution in [0.25, 0.3) is 22.3 Å². The van der Waals surface area contributed by atoms with Crippen molar-refractivity contribution in [2.45, 2.75) is 51.6 Å². The van der Waals surface area contributed by atoms with Crippen LogP contribution < -0.4 is 5.32 Å². The molecule has 0 amide bonds. The summed E-state index contributed by atoms with van der Waals surface area (Å²) >= 11 is 6.64. The van der Waals surface area contributed by atoms with Crippen molar-refractivity contribution < 1.29 is 0 Å². The average Bonchev–Trinajstić information content (AvgIpc) is 3.28. The Morgan fingerprint density at radius 2 is 1.82 bits per heavy atom. The number of hydrogen-bond acceptors (Lipinski definition) is 4. The lowest BCUT2D eigenvalue weighted by Gasteiger charge is -2.40. The summed E-state index contributed by atoms with van der Waals surface area (Å²) in [6.45, 7) is 9.84. The second-order valence-electron chi connectivity index (χ2n) is 10.1. The SMILES string of the molecule is CC(C)(C)N1CCC(c2cc3c(-c4nc(NCc5ccccc5)ccc4Cl)ccnc3[nH]2)CC1. The predicted molar refractivity (Wildman–Crippen MR) is 141 cm³/mol. The maximum atomic E-state index is 6.64. The summed E-state index contributed by atoms with van der Waals surface area (Å²) in [5.41, 5.74) is 5.37. The fraction of sp³-hybridized carbons (Fsp3) is 0.357. The third-order valence-electron chi connectivity index (χ3n) is 6.85. The monoisotopic (exact) mass is 473 g/mol. The van der Waals surface area contributed by atoms with Crippen LogP contribution in [-0.2, 0) is 6.54 Å². The van der Waals surface area contributed by atoms with Gasteiger partial charge >= 0.3 is 0 Å². The molecule has 0 saturated carbocycles. The van der Waals surface area contributed by atoms with Crippen molar-refractivity contribution >= 4 is 28.5 Å². The first-order chi connectivity index (χ1) is 16.4. The highest BCUT2D eigenvalue weighted by molar-refractivity contribution is 6.33. The molecule has 5 rings (SSSR count). The largest absolute Gasteiger partial charge is 0.366 e. The number of likely N-dealkylation sites (tertiary alicyclic amines) is 1. The molecule has 1 aromatic carbocycles. The van der Waals surface area contributed by atoms with E-state index in [0.29, 0.717) is 17.5 Å². The Morgan fingerprint density at radius 3 is 2.56 bits per heavy atom. The van der Waals surface area contributed by atoms with Gasteiger partial charge in [0.25, 0.3) is 0 Å². The lowest BCUT2D eigenvalue weighted by atomic mass is 9.90. The molecule has 2 N–H and O–H groups in total. The molecule has 0 radical (unpaired) electrons. The molecular weight excluding hydrogens is 442 g/mol. The van der Waals surface area contributed by atoms with Gasteiger partial charge in [-0.1, -0.05) is 41.9 Å². The van der Waals surface area contributed by atoms with Crippen LogP contribution in [0.5, 0.6) is 0 Å². The number of H-pyrrole nitrogens is 1. The van der Waals surface area contributed by atoms with Crippen molar-refractivity contribution in [2.75, 3.05) is 18.4 Å². The molecule has 4 heterocycles. The van der Waals surface area contributed by atoms with Gasteiger partial charge in [-0.2, -0.15) is 0 Å². The van der Waals surface area contributed by atoms with Gasteiger partial charge < -0.3 is 10.3 Å². The molecule has 1 saturated heterocycles. The van der Waals surface area contributed by atoms with Gasteiger partial charge in [-0.25, -0.2) is 9.97 Å². The third-order valence-corrected chi connectivity index (χ3v) is 7.16. The van der Waals surface area contributed by atoms with Crippen LogP contribution in [0.1, 0.15) is 50.8 Å². The summed E-state index contributed by atoms with van der Waals surface area (Å²) in [7, 11) is 0. The van der Waals surface area contributed by atoms with Crippen molar-refractivity contribution in [1.29, 1.82) is 0 Å². The van der Waals surface area contributed by atoms with Crippen molar-refractivity contribution in [3.63, 3.8) is 0 Å². The summed E-state index contributed by atoms with van der Waals surface area (Å²) < 4.78 is 0. The molecule has 4 aromatic rings. The summed E-state index contributed by atoms with van der Waals surface area (Å²) in [6.07, 6.45) is 4.14. The number of halogens is 1. The molecular formula is C28H32ClN5. The maximum absolute atomic E-state index is 6.64. The zero-order chi connectivity index (χ0) is 23.7. The molecule has 6 heteroatoms. The minimum Gasteiger partial charge on any atom is -0.366 e. The van der Waals surface area contributed by atoms with Crippen molar-refractivity contribution in [3.8, 4) is 11.3 Å². The van der Waals surface area contributed by atoms with Crippen molar-refractivity contribution in [3.05, 3.63) is 77.1 Å². The number of aromatic amines is 1. The zero-order valence-corrected chi connectivity index (χ0v) is 20.9. The molecule has 34 heavy (non-hydrogen) atoms. The summed E-state index contributed by atoms with van der Waals surface area (Å²) in [5, 5.41) is 5.13. The number of piperidine rings is 1. The molecule has 0 unspecified atom stereocenters. The smallest absolute Gasteiger partial charge is 0.138 e. The lowest BCUT2D eigenvalue weighted by molar-refractivity contribution is 0.102. The van der Waals surface area contributed by atoms with Gasteiger partial charge in [-0.15, -0.1) is 0 Å². The fourth-order valence-electron chi connectivity index (χ4n) is 4.85. The van der Waals surface area contributed by atoms with Gasteiger partial charge in [-0.05, 0) is 76.5 Å². The van der Waals surface area contributed by atoms with E-state index in [-0.39, 0.29) is 5.54 Å². The summed E-state index contributed by atoms with van der Waals surface area (Å²) in [6, 6.07) is 18.4. The van der Waals surface area contributed by atoms with E-state index in [1.54, 1.807) is 0 Å². The standard InChI is InChI=1S/C28H32ClN5/c1-28(2,3)34-15-12-20(13-16-34)24-17-22-21(11-14-30-27(22)32-24)26-23(29)9-10-25(33-26)31-18-19-7-5-4-6-8-19/h4-11,14,17,20H,12-13,15-16,18H2,1-3H3,(H,30,32)(H,31,33). The number of hydrogen-bond donors (Lipinski definition) is 2. The Balaban J connectivity index is 1.40. The minimum atomic E-state index is 0.224. The molecule has 0 aliphatic carbocycles. The minimum absolute atomic E-state index is 0.224. The molecule has 0 spiro atoms. The van der Waals surface area contributed by atoms with E-state index >= 15 is 0 Å². The number of aromatic nitrogens is 3. The van der Waals surface area contributed by atoms with Gasteiger partial charge in [0, 0.05) is 40.8 Å². The highest BCUT2D eigenvalue weighted by Crippen LogP contribution is 2.36. The molecule has 1 aliphatic rings. The topological polar surface area (TPSA) is 56.8 Å². The number of nitrogens with one attached hydrogen (secondary N) is 2. The van der Waals surface area contributed by atoms with E-state index < -0.39 is 0 Å². The van der Waals surface area contributed by atoms with Crippen LogP contribution >= 0.6 is 11.6 Å². The molecule has 1 aliphatic heterocycles. The average molecular weight is 474 g/mol. The van der Waals surface area contributed by atoms with Crippen LogP contribution in [0.4, 0.5) is 5.82 Å². The molecule has 1 fully saturated rings. The number of rotatable bonds is 5. The fourth-order valence-corrected chi connectivity index (χ4v) is 5.06. The first-order valence-corrected chi connectivity index (χ1v) is 12.4. The number of anilines is 1. The Hall–Kier alpha value is -2.89. The van der Waals surface area contributed by atoms with Crippen LogP contribution in [-0.4, -0.2) is 38.5 Å². The highest BCUT2D eigenvalue weighted by Gasteiger charge is 2.28. The van der Waals surface area contributed by atoms with Crippen LogP contribution in [0.15, 0.2) is 60.8 Å². The van der Waals surface area contributed by atoms with E-state index in [1.165, 1.54) is 11.3 Å². The predicted octanol–water partition coefficient (Wildman–Crippen LogP) is 6.87. The van der Waals surface area contributed by atoms with E-state index in [1.807, 2.05) is 42.6 Å². The summed E-state index contributed by atoms with van der Waals surface area (Å²) in [4.78, 5) is 15.7. The van der Waals surface area contributed by atoms with Crippen LogP contribution in [0.2, 0.25) is 5.02 Å². The van der Waals surface area contributed by atoms with E-state index in [2.05, 4.69) is 59.2 Å².